The predicted molar refractivity (Wildman–Crippen MR) is 136 cm³/mol. The lowest BCUT2D eigenvalue weighted by Gasteiger charge is -2.12. The quantitative estimate of drug-likeness (QED) is 0.284. The summed E-state index contributed by atoms with van der Waals surface area (Å²) in [7, 11) is 0. The van der Waals surface area contributed by atoms with Crippen LogP contribution in [0.25, 0.3) is 53.9 Å². The number of hydrogen-bond donors (Lipinski definition) is 0. The summed E-state index contributed by atoms with van der Waals surface area (Å²) in [5.41, 5.74) is 6.48. The van der Waals surface area contributed by atoms with Crippen molar-refractivity contribution >= 4 is 31.5 Å². The Labute approximate surface area is 190 Å². The number of aryl methyl sites for hydroxylation is 1. The largest absolute Gasteiger partial charge is 0.233 e. The Hall–Kier alpha value is -3.82. The van der Waals surface area contributed by atoms with Gasteiger partial charge in [0.05, 0.1) is 5.69 Å². The minimum Gasteiger partial charge on any atom is -0.233 e. The maximum absolute atomic E-state index is 5.09. The molecular formula is C29H20N2S. The van der Waals surface area contributed by atoms with E-state index in [1.807, 2.05) is 24.3 Å². The SMILES string of the molecule is Cc1cc(-c2ccccc2-c2ccccc2)nc(-c2cccc3sc4ccccc4c23)n1. The monoisotopic (exact) mass is 428 g/mol. The highest BCUT2D eigenvalue weighted by Crippen LogP contribution is 2.39. The normalized spacial score (nSPS) is 11.3. The molecule has 0 radical (unpaired) electrons. The molecule has 4 aromatic carbocycles. The van der Waals surface area contributed by atoms with Crippen molar-refractivity contribution in [3.63, 3.8) is 0 Å². The van der Waals surface area contributed by atoms with Gasteiger partial charge in [0.1, 0.15) is 0 Å². The first-order chi connectivity index (χ1) is 15.8. The van der Waals surface area contributed by atoms with Crippen LogP contribution in [0, 0.1) is 6.92 Å². The van der Waals surface area contributed by atoms with E-state index < -0.39 is 0 Å². The Kier molecular flexibility index (Phi) is 4.55. The molecule has 0 unspecified atom stereocenters. The van der Waals surface area contributed by atoms with Crippen molar-refractivity contribution in [2.24, 2.45) is 0 Å². The van der Waals surface area contributed by atoms with Crippen molar-refractivity contribution in [3.8, 4) is 33.8 Å². The zero-order valence-electron chi connectivity index (χ0n) is 17.6. The summed E-state index contributed by atoms with van der Waals surface area (Å²) in [6, 6.07) is 36.0. The molecule has 32 heavy (non-hydrogen) atoms. The molecule has 3 heteroatoms. The van der Waals surface area contributed by atoms with Crippen molar-refractivity contribution in [1.29, 1.82) is 0 Å². The molecule has 6 rings (SSSR count). The van der Waals surface area contributed by atoms with E-state index in [2.05, 4.69) is 97.1 Å². The second-order valence-corrected chi connectivity index (χ2v) is 8.99. The number of benzene rings is 4. The highest BCUT2D eigenvalue weighted by atomic mass is 32.1. The Morgan fingerprint density at radius 3 is 2.16 bits per heavy atom. The zero-order chi connectivity index (χ0) is 21.5. The number of aromatic nitrogens is 2. The molecule has 0 aliphatic rings. The molecule has 0 spiro atoms. The molecule has 0 bridgehead atoms. The fraction of sp³-hybridized carbons (Fsp3) is 0.0345. The van der Waals surface area contributed by atoms with Crippen molar-refractivity contribution in [2.75, 3.05) is 0 Å². The molecule has 0 saturated carbocycles. The number of nitrogens with zero attached hydrogens (tertiary/aromatic N) is 2. The van der Waals surface area contributed by atoms with E-state index in [0.717, 1.165) is 28.3 Å². The van der Waals surface area contributed by atoms with E-state index in [1.165, 1.54) is 31.3 Å². The van der Waals surface area contributed by atoms with Crippen LogP contribution in [-0.4, -0.2) is 9.97 Å². The Bertz CT molecular complexity index is 1580. The van der Waals surface area contributed by atoms with Crippen molar-refractivity contribution in [1.82, 2.24) is 9.97 Å². The van der Waals surface area contributed by atoms with E-state index in [-0.39, 0.29) is 0 Å². The second-order valence-electron chi connectivity index (χ2n) is 7.91. The molecule has 0 aliphatic carbocycles. The molecule has 6 aromatic rings. The van der Waals surface area contributed by atoms with Gasteiger partial charge in [0.15, 0.2) is 5.82 Å². The zero-order valence-corrected chi connectivity index (χ0v) is 18.4. The van der Waals surface area contributed by atoms with Crippen LogP contribution in [0.4, 0.5) is 0 Å². The maximum atomic E-state index is 5.09. The highest BCUT2D eigenvalue weighted by molar-refractivity contribution is 7.25. The van der Waals surface area contributed by atoms with Gasteiger partial charge in [-0.05, 0) is 36.2 Å². The molecule has 2 aromatic heterocycles. The van der Waals surface area contributed by atoms with E-state index in [9.17, 15) is 0 Å². The summed E-state index contributed by atoms with van der Waals surface area (Å²) in [6.07, 6.45) is 0. The minimum atomic E-state index is 0.775. The van der Waals surface area contributed by atoms with Crippen LogP contribution < -0.4 is 0 Å². The van der Waals surface area contributed by atoms with E-state index >= 15 is 0 Å². The van der Waals surface area contributed by atoms with Crippen LogP contribution in [0.5, 0.6) is 0 Å². The lowest BCUT2D eigenvalue weighted by molar-refractivity contribution is 1.12. The standard InChI is InChI=1S/C29H20N2S/c1-19-18-25(22-13-6-5-12-21(22)20-10-3-2-4-11-20)31-29(30-19)24-15-9-17-27-28(24)23-14-7-8-16-26(23)32-27/h2-18H,1H3. The number of rotatable bonds is 3. The number of fused-ring (bicyclic) bond motifs is 3. The van der Waals surface area contributed by atoms with Crippen LogP contribution in [0.3, 0.4) is 0 Å². The van der Waals surface area contributed by atoms with Gasteiger partial charge in [-0.2, -0.15) is 0 Å². The first-order valence-electron chi connectivity index (χ1n) is 10.7. The van der Waals surface area contributed by atoms with Crippen molar-refractivity contribution in [3.05, 3.63) is 109 Å². The molecule has 0 saturated heterocycles. The van der Waals surface area contributed by atoms with Crippen LogP contribution in [0.1, 0.15) is 5.69 Å². The van der Waals surface area contributed by atoms with Gasteiger partial charge in [-0.15, -0.1) is 11.3 Å². The van der Waals surface area contributed by atoms with Gasteiger partial charge in [0.25, 0.3) is 0 Å². The molecular weight excluding hydrogens is 408 g/mol. The summed E-state index contributed by atoms with van der Waals surface area (Å²) in [4.78, 5) is 9.95. The molecule has 0 aliphatic heterocycles. The lowest BCUT2D eigenvalue weighted by atomic mass is 9.97. The first-order valence-corrected chi connectivity index (χ1v) is 11.5. The topological polar surface area (TPSA) is 25.8 Å². The molecule has 2 heterocycles. The molecule has 0 fully saturated rings. The van der Waals surface area contributed by atoms with Gasteiger partial charge in [0.2, 0.25) is 0 Å². The van der Waals surface area contributed by atoms with Crippen LogP contribution in [0.2, 0.25) is 0 Å². The van der Waals surface area contributed by atoms with Crippen LogP contribution >= 0.6 is 11.3 Å². The molecule has 2 nitrogen and oxygen atoms in total. The van der Waals surface area contributed by atoms with E-state index in [1.54, 1.807) is 0 Å². The Morgan fingerprint density at radius 2 is 1.28 bits per heavy atom. The predicted octanol–water partition coefficient (Wildman–Crippen LogP) is 8.15. The average molecular weight is 429 g/mol. The number of hydrogen-bond acceptors (Lipinski definition) is 3. The summed E-state index contributed by atoms with van der Waals surface area (Å²) < 4.78 is 2.55. The van der Waals surface area contributed by atoms with Crippen molar-refractivity contribution < 1.29 is 0 Å². The third kappa shape index (κ3) is 3.19. The highest BCUT2D eigenvalue weighted by Gasteiger charge is 2.15. The third-order valence-corrected chi connectivity index (χ3v) is 6.92. The maximum Gasteiger partial charge on any atom is 0.160 e. The third-order valence-electron chi connectivity index (χ3n) is 5.79. The van der Waals surface area contributed by atoms with E-state index in [4.69, 9.17) is 9.97 Å². The molecule has 0 atom stereocenters. The molecule has 0 amide bonds. The fourth-order valence-corrected chi connectivity index (χ4v) is 5.50. The summed E-state index contributed by atoms with van der Waals surface area (Å²) >= 11 is 1.82. The van der Waals surface area contributed by atoms with Gasteiger partial charge in [-0.25, -0.2) is 9.97 Å². The van der Waals surface area contributed by atoms with Gasteiger partial charge in [0, 0.05) is 37.0 Å². The Balaban J connectivity index is 1.59. The first kappa shape index (κ1) is 18.9. The average Bonchev–Trinajstić information content (AvgIpc) is 3.23. The van der Waals surface area contributed by atoms with Crippen molar-refractivity contribution in [2.45, 2.75) is 6.92 Å². The second kappa shape index (κ2) is 7.70. The number of thiophene rings is 1. The van der Waals surface area contributed by atoms with Gasteiger partial charge >= 0.3 is 0 Å². The molecule has 152 valence electrons. The smallest absolute Gasteiger partial charge is 0.160 e. The summed E-state index contributed by atoms with van der Waals surface area (Å²) in [6.45, 7) is 2.05. The lowest BCUT2D eigenvalue weighted by Crippen LogP contribution is -1.96. The van der Waals surface area contributed by atoms with Gasteiger partial charge < -0.3 is 0 Å². The summed E-state index contributed by atoms with van der Waals surface area (Å²) in [5.74, 6) is 0.775. The fourth-order valence-electron chi connectivity index (χ4n) is 4.36. The van der Waals surface area contributed by atoms with Gasteiger partial charge in [-0.1, -0.05) is 84.9 Å². The Morgan fingerprint density at radius 1 is 0.594 bits per heavy atom. The van der Waals surface area contributed by atoms with Crippen LogP contribution in [0.15, 0.2) is 103 Å². The van der Waals surface area contributed by atoms with Crippen LogP contribution in [-0.2, 0) is 0 Å². The van der Waals surface area contributed by atoms with E-state index in [0.29, 0.717) is 0 Å². The summed E-state index contributed by atoms with van der Waals surface area (Å²) in [5, 5.41) is 2.50. The minimum absolute atomic E-state index is 0.775. The molecule has 0 N–H and O–H groups in total. The van der Waals surface area contributed by atoms with Gasteiger partial charge in [-0.3, -0.25) is 0 Å².